The lowest BCUT2D eigenvalue weighted by molar-refractivity contribution is -0.119. The summed E-state index contributed by atoms with van der Waals surface area (Å²) in [4.78, 5) is 12.2. The van der Waals surface area contributed by atoms with Gasteiger partial charge >= 0.3 is 0 Å². The molecule has 0 saturated carbocycles. The van der Waals surface area contributed by atoms with Crippen molar-refractivity contribution in [1.82, 2.24) is 5.32 Å². The Morgan fingerprint density at radius 3 is 2.23 bits per heavy atom. The van der Waals surface area contributed by atoms with Crippen molar-refractivity contribution < 1.29 is 14.3 Å². The van der Waals surface area contributed by atoms with Gasteiger partial charge in [0.05, 0.1) is 19.8 Å². The van der Waals surface area contributed by atoms with E-state index in [2.05, 4.69) is 41.7 Å². The number of benzene rings is 3. The Kier molecular flexibility index (Phi) is 6.37. The van der Waals surface area contributed by atoms with E-state index in [1.165, 1.54) is 5.56 Å². The highest BCUT2D eigenvalue weighted by molar-refractivity contribution is 5.76. The van der Waals surface area contributed by atoms with Gasteiger partial charge in [-0.3, -0.25) is 4.79 Å². The smallest absolute Gasteiger partial charge is 0.217 e. The normalized spacial score (nSPS) is 16.9. The number of hydrogen-bond acceptors (Lipinski definition) is 3. The van der Waals surface area contributed by atoms with Gasteiger partial charge in [-0.15, -0.1) is 0 Å². The second-order valence-corrected chi connectivity index (χ2v) is 7.66. The third-order valence-corrected chi connectivity index (χ3v) is 5.64. The zero-order chi connectivity index (χ0) is 21.6. The summed E-state index contributed by atoms with van der Waals surface area (Å²) >= 11 is 0. The maximum atomic E-state index is 12.2. The summed E-state index contributed by atoms with van der Waals surface area (Å²) in [5, 5.41) is 3.19. The lowest BCUT2D eigenvalue weighted by Gasteiger charge is -2.35. The third-order valence-electron chi connectivity index (χ3n) is 5.64. The second kappa shape index (κ2) is 9.52. The number of methoxy groups -OCH3 is 1. The number of nitrogens with one attached hydrogen (secondary N) is 1. The standard InChI is InChI=1S/C27H27NO3/c1-19(29)28-26(21-11-7-4-8-12-21)25-24(20-9-5-3-6-10-20)17-18-31-27(25)22-13-15-23(30-2)16-14-22/h3-16,24,26H,17-18H2,1-2H3,(H,28,29)/t24-,26-/m0/s1. The topological polar surface area (TPSA) is 47.6 Å². The zero-order valence-electron chi connectivity index (χ0n) is 17.9. The Balaban J connectivity index is 1.92. The van der Waals surface area contributed by atoms with E-state index in [4.69, 9.17) is 9.47 Å². The van der Waals surface area contributed by atoms with Crippen LogP contribution in [0.2, 0.25) is 0 Å². The fraction of sp³-hybridized carbons (Fsp3) is 0.222. The minimum absolute atomic E-state index is 0.0761. The highest BCUT2D eigenvalue weighted by atomic mass is 16.5. The highest BCUT2D eigenvalue weighted by Gasteiger charge is 2.33. The summed E-state index contributed by atoms with van der Waals surface area (Å²) in [6.07, 6.45) is 0.849. The van der Waals surface area contributed by atoms with Gasteiger partial charge in [0.2, 0.25) is 5.91 Å². The first kappa shape index (κ1) is 20.7. The molecular formula is C27H27NO3. The molecule has 1 amide bonds. The van der Waals surface area contributed by atoms with Crippen LogP contribution < -0.4 is 10.1 Å². The zero-order valence-corrected chi connectivity index (χ0v) is 17.9. The quantitative estimate of drug-likeness (QED) is 0.581. The Hall–Kier alpha value is -3.53. The molecular weight excluding hydrogens is 386 g/mol. The first-order chi connectivity index (χ1) is 15.2. The average molecular weight is 414 g/mol. The molecule has 4 heteroatoms. The summed E-state index contributed by atoms with van der Waals surface area (Å²) in [6, 6.07) is 28.1. The minimum Gasteiger partial charge on any atom is -0.497 e. The van der Waals surface area contributed by atoms with E-state index in [-0.39, 0.29) is 17.9 Å². The van der Waals surface area contributed by atoms with Gasteiger partial charge in [0.15, 0.2) is 0 Å². The molecule has 0 fully saturated rings. The van der Waals surface area contributed by atoms with Crippen molar-refractivity contribution in [2.24, 2.45) is 0 Å². The Labute approximate surface area is 183 Å². The fourth-order valence-electron chi connectivity index (χ4n) is 4.22. The number of amides is 1. The Bertz CT molecular complexity index is 1040. The van der Waals surface area contributed by atoms with E-state index in [9.17, 15) is 4.79 Å². The summed E-state index contributed by atoms with van der Waals surface area (Å²) in [5.74, 6) is 1.67. The van der Waals surface area contributed by atoms with Crippen molar-refractivity contribution in [2.75, 3.05) is 13.7 Å². The molecule has 4 rings (SSSR count). The van der Waals surface area contributed by atoms with Crippen LogP contribution in [0.25, 0.3) is 5.76 Å². The molecule has 1 heterocycles. The lowest BCUT2D eigenvalue weighted by atomic mass is 9.79. The molecule has 1 aliphatic rings. The molecule has 3 aromatic rings. The first-order valence-electron chi connectivity index (χ1n) is 10.6. The molecule has 0 radical (unpaired) electrons. The molecule has 1 N–H and O–H groups in total. The van der Waals surface area contributed by atoms with Crippen LogP contribution >= 0.6 is 0 Å². The fourth-order valence-corrected chi connectivity index (χ4v) is 4.22. The predicted molar refractivity (Wildman–Crippen MR) is 123 cm³/mol. The van der Waals surface area contributed by atoms with Gasteiger partial charge in [0, 0.05) is 24.0 Å². The number of rotatable bonds is 6. The van der Waals surface area contributed by atoms with Gasteiger partial charge in [0.25, 0.3) is 0 Å². The molecule has 0 spiro atoms. The average Bonchev–Trinajstić information content (AvgIpc) is 2.83. The summed E-state index contributed by atoms with van der Waals surface area (Å²) in [7, 11) is 1.66. The van der Waals surface area contributed by atoms with Crippen LogP contribution in [-0.4, -0.2) is 19.6 Å². The van der Waals surface area contributed by atoms with Crippen molar-refractivity contribution in [3.8, 4) is 5.75 Å². The van der Waals surface area contributed by atoms with Crippen molar-refractivity contribution in [3.63, 3.8) is 0 Å². The molecule has 0 aromatic heterocycles. The van der Waals surface area contributed by atoms with Crippen molar-refractivity contribution in [1.29, 1.82) is 0 Å². The summed E-state index contributed by atoms with van der Waals surface area (Å²) in [5.41, 5.74) is 4.30. The van der Waals surface area contributed by atoms with Crippen molar-refractivity contribution >= 4 is 11.7 Å². The Morgan fingerprint density at radius 1 is 0.968 bits per heavy atom. The van der Waals surface area contributed by atoms with Crippen molar-refractivity contribution in [3.05, 3.63) is 107 Å². The van der Waals surface area contributed by atoms with E-state index in [0.717, 1.165) is 34.6 Å². The predicted octanol–water partition coefficient (Wildman–Crippen LogP) is 5.49. The van der Waals surface area contributed by atoms with Gasteiger partial charge in [-0.05, 0) is 41.8 Å². The molecule has 31 heavy (non-hydrogen) atoms. The van der Waals surface area contributed by atoms with E-state index < -0.39 is 0 Å². The van der Waals surface area contributed by atoms with E-state index in [1.807, 2.05) is 48.5 Å². The van der Waals surface area contributed by atoms with Crippen LogP contribution in [0.5, 0.6) is 5.75 Å². The Morgan fingerprint density at radius 2 is 1.61 bits per heavy atom. The van der Waals surface area contributed by atoms with Gasteiger partial charge in [0.1, 0.15) is 11.5 Å². The van der Waals surface area contributed by atoms with Gasteiger partial charge < -0.3 is 14.8 Å². The molecule has 4 nitrogen and oxygen atoms in total. The SMILES string of the molecule is COc1ccc(C2=C([C@@H](NC(C)=O)c3ccccc3)[C@H](c3ccccc3)CCO2)cc1. The largest absolute Gasteiger partial charge is 0.497 e. The van der Waals surface area contributed by atoms with Crippen LogP contribution in [0.15, 0.2) is 90.5 Å². The van der Waals surface area contributed by atoms with E-state index >= 15 is 0 Å². The van der Waals surface area contributed by atoms with E-state index in [1.54, 1.807) is 14.0 Å². The molecule has 158 valence electrons. The highest BCUT2D eigenvalue weighted by Crippen LogP contribution is 2.44. The molecule has 0 unspecified atom stereocenters. The minimum atomic E-state index is -0.290. The van der Waals surface area contributed by atoms with Crippen LogP contribution in [0.3, 0.4) is 0 Å². The second-order valence-electron chi connectivity index (χ2n) is 7.66. The molecule has 3 aromatic carbocycles. The van der Waals surface area contributed by atoms with Crippen LogP contribution in [-0.2, 0) is 9.53 Å². The molecule has 0 saturated heterocycles. The van der Waals surface area contributed by atoms with Gasteiger partial charge in [-0.2, -0.15) is 0 Å². The molecule has 0 aliphatic carbocycles. The van der Waals surface area contributed by atoms with Crippen LogP contribution in [0.1, 0.15) is 42.0 Å². The van der Waals surface area contributed by atoms with E-state index in [0.29, 0.717) is 6.61 Å². The summed E-state index contributed by atoms with van der Waals surface area (Å²) < 4.78 is 11.6. The maximum Gasteiger partial charge on any atom is 0.217 e. The lowest BCUT2D eigenvalue weighted by Crippen LogP contribution is -2.32. The number of carbonyl (C=O) groups excluding carboxylic acids is 1. The van der Waals surface area contributed by atoms with Crippen LogP contribution in [0, 0.1) is 0 Å². The maximum absolute atomic E-state index is 12.2. The van der Waals surface area contributed by atoms with Gasteiger partial charge in [-0.1, -0.05) is 60.7 Å². The van der Waals surface area contributed by atoms with Crippen molar-refractivity contribution in [2.45, 2.75) is 25.3 Å². The monoisotopic (exact) mass is 413 g/mol. The number of carbonyl (C=O) groups is 1. The summed E-state index contributed by atoms with van der Waals surface area (Å²) in [6.45, 7) is 2.18. The molecule has 0 bridgehead atoms. The first-order valence-corrected chi connectivity index (χ1v) is 10.6. The number of hydrogen-bond donors (Lipinski definition) is 1. The van der Waals surface area contributed by atoms with Gasteiger partial charge in [-0.25, -0.2) is 0 Å². The third kappa shape index (κ3) is 4.64. The number of ether oxygens (including phenoxy) is 2. The van der Waals surface area contributed by atoms with Crippen LogP contribution in [0.4, 0.5) is 0 Å². The molecule has 2 atom stereocenters. The molecule has 1 aliphatic heterocycles.